The molecule has 3 unspecified atom stereocenters. The molecule has 3 heteroatoms. The molecule has 0 radical (unpaired) electrons. The molecule has 0 saturated heterocycles. The SMILES string of the molecule is COC(=O)C(C)C1(O)CCCCC1C. The molecule has 0 bridgehead atoms. The number of carbonyl (C=O) groups is 1. The van der Waals surface area contributed by atoms with E-state index in [1.54, 1.807) is 6.92 Å². The van der Waals surface area contributed by atoms with Gasteiger partial charge in [-0.15, -0.1) is 0 Å². The van der Waals surface area contributed by atoms with Crippen molar-refractivity contribution in [3.05, 3.63) is 0 Å². The van der Waals surface area contributed by atoms with E-state index in [-0.39, 0.29) is 11.9 Å². The lowest BCUT2D eigenvalue weighted by molar-refractivity contribution is -0.162. The van der Waals surface area contributed by atoms with Crippen molar-refractivity contribution in [2.45, 2.75) is 45.1 Å². The largest absolute Gasteiger partial charge is 0.469 e. The van der Waals surface area contributed by atoms with E-state index in [4.69, 9.17) is 0 Å². The van der Waals surface area contributed by atoms with Gasteiger partial charge in [0.25, 0.3) is 0 Å². The van der Waals surface area contributed by atoms with Gasteiger partial charge in [0.15, 0.2) is 0 Å². The van der Waals surface area contributed by atoms with Gasteiger partial charge in [-0.25, -0.2) is 0 Å². The van der Waals surface area contributed by atoms with Gasteiger partial charge in [0.1, 0.15) is 0 Å². The zero-order valence-electron chi connectivity index (χ0n) is 9.25. The maximum absolute atomic E-state index is 11.4. The number of esters is 1. The fourth-order valence-electron chi connectivity index (χ4n) is 2.38. The third kappa shape index (κ3) is 1.92. The second kappa shape index (κ2) is 4.30. The van der Waals surface area contributed by atoms with Crippen LogP contribution in [0.15, 0.2) is 0 Å². The summed E-state index contributed by atoms with van der Waals surface area (Å²) >= 11 is 0. The number of carbonyl (C=O) groups excluding carboxylic acids is 1. The number of hydrogen-bond donors (Lipinski definition) is 1. The van der Waals surface area contributed by atoms with Crippen LogP contribution in [0.5, 0.6) is 0 Å². The Morgan fingerprint density at radius 2 is 2.21 bits per heavy atom. The Bertz CT molecular complexity index is 215. The molecule has 0 spiro atoms. The van der Waals surface area contributed by atoms with Gasteiger partial charge in [0.05, 0.1) is 18.6 Å². The van der Waals surface area contributed by atoms with Crippen LogP contribution in [-0.4, -0.2) is 23.8 Å². The minimum absolute atomic E-state index is 0.186. The van der Waals surface area contributed by atoms with Gasteiger partial charge in [0.2, 0.25) is 0 Å². The molecule has 0 aliphatic heterocycles. The van der Waals surface area contributed by atoms with E-state index in [1.807, 2.05) is 6.92 Å². The van der Waals surface area contributed by atoms with Crippen molar-refractivity contribution in [3.8, 4) is 0 Å². The molecule has 0 aromatic rings. The molecule has 1 rings (SSSR count). The molecule has 0 heterocycles. The number of aliphatic hydroxyl groups is 1. The van der Waals surface area contributed by atoms with Gasteiger partial charge < -0.3 is 9.84 Å². The van der Waals surface area contributed by atoms with Gasteiger partial charge in [0, 0.05) is 0 Å². The lowest BCUT2D eigenvalue weighted by Gasteiger charge is -2.41. The van der Waals surface area contributed by atoms with Crippen molar-refractivity contribution in [1.29, 1.82) is 0 Å². The first-order valence-corrected chi connectivity index (χ1v) is 5.32. The zero-order valence-corrected chi connectivity index (χ0v) is 9.25. The average Bonchev–Trinajstić information content (AvgIpc) is 2.20. The molecule has 1 N–H and O–H groups in total. The predicted molar refractivity (Wildman–Crippen MR) is 53.8 cm³/mol. The van der Waals surface area contributed by atoms with Crippen LogP contribution in [0.2, 0.25) is 0 Å². The van der Waals surface area contributed by atoms with Crippen LogP contribution >= 0.6 is 0 Å². The lowest BCUT2D eigenvalue weighted by atomic mass is 9.70. The van der Waals surface area contributed by atoms with E-state index in [1.165, 1.54) is 7.11 Å². The van der Waals surface area contributed by atoms with Gasteiger partial charge in [-0.05, 0) is 25.7 Å². The Balaban J connectivity index is 2.75. The standard InChI is InChI=1S/C11H20O3/c1-8-6-4-5-7-11(8,13)9(2)10(12)14-3/h8-9,13H,4-7H2,1-3H3. The minimum Gasteiger partial charge on any atom is -0.469 e. The molecule has 82 valence electrons. The predicted octanol–water partition coefficient (Wildman–Crippen LogP) is 1.74. The fourth-order valence-corrected chi connectivity index (χ4v) is 2.38. The molecule has 14 heavy (non-hydrogen) atoms. The molecule has 1 fully saturated rings. The van der Waals surface area contributed by atoms with Crippen LogP contribution in [0.1, 0.15) is 39.5 Å². The Labute approximate surface area is 85.5 Å². The summed E-state index contributed by atoms with van der Waals surface area (Å²) < 4.78 is 4.68. The molecule has 3 nitrogen and oxygen atoms in total. The molecule has 3 atom stereocenters. The summed E-state index contributed by atoms with van der Waals surface area (Å²) in [7, 11) is 1.37. The van der Waals surface area contributed by atoms with Gasteiger partial charge in [-0.2, -0.15) is 0 Å². The van der Waals surface area contributed by atoms with Crippen LogP contribution in [0.4, 0.5) is 0 Å². The summed E-state index contributed by atoms with van der Waals surface area (Å²) in [6.45, 7) is 3.77. The van der Waals surface area contributed by atoms with E-state index in [0.717, 1.165) is 19.3 Å². The summed E-state index contributed by atoms with van der Waals surface area (Å²) in [6, 6.07) is 0. The highest BCUT2D eigenvalue weighted by molar-refractivity contribution is 5.73. The number of ether oxygens (including phenoxy) is 1. The van der Waals surface area contributed by atoms with Gasteiger partial charge in [-0.1, -0.05) is 19.8 Å². The molecule has 0 aromatic carbocycles. The highest BCUT2D eigenvalue weighted by Gasteiger charge is 2.44. The number of hydrogen-bond acceptors (Lipinski definition) is 3. The summed E-state index contributed by atoms with van der Waals surface area (Å²) in [4.78, 5) is 11.4. The number of methoxy groups -OCH3 is 1. The summed E-state index contributed by atoms with van der Waals surface area (Å²) in [5, 5.41) is 10.4. The zero-order chi connectivity index (χ0) is 10.8. The van der Waals surface area contributed by atoms with Crippen molar-refractivity contribution < 1.29 is 14.6 Å². The second-order valence-electron chi connectivity index (χ2n) is 4.38. The van der Waals surface area contributed by atoms with E-state index < -0.39 is 11.5 Å². The van der Waals surface area contributed by atoms with Crippen molar-refractivity contribution >= 4 is 5.97 Å². The highest BCUT2D eigenvalue weighted by atomic mass is 16.5. The van der Waals surface area contributed by atoms with Crippen LogP contribution < -0.4 is 0 Å². The Kier molecular flexibility index (Phi) is 3.53. The quantitative estimate of drug-likeness (QED) is 0.691. The average molecular weight is 200 g/mol. The maximum Gasteiger partial charge on any atom is 0.311 e. The minimum atomic E-state index is -0.856. The Hall–Kier alpha value is -0.570. The third-order valence-electron chi connectivity index (χ3n) is 3.62. The molecule has 1 saturated carbocycles. The van der Waals surface area contributed by atoms with Crippen LogP contribution in [0, 0.1) is 11.8 Å². The van der Waals surface area contributed by atoms with E-state index >= 15 is 0 Å². The molecular formula is C11H20O3. The third-order valence-corrected chi connectivity index (χ3v) is 3.62. The normalized spacial score (nSPS) is 35.0. The van der Waals surface area contributed by atoms with Crippen LogP contribution in [-0.2, 0) is 9.53 Å². The Morgan fingerprint density at radius 3 is 2.71 bits per heavy atom. The first kappa shape index (κ1) is 11.5. The molecule has 1 aliphatic rings. The Morgan fingerprint density at radius 1 is 1.57 bits per heavy atom. The van der Waals surface area contributed by atoms with Gasteiger partial charge >= 0.3 is 5.97 Å². The van der Waals surface area contributed by atoms with Gasteiger partial charge in [-0.3, -0.25) is 4.79 Å². The summed E-state index contributed by atoms with van der Waals surface area (Å²) in [5.74, 6) is -0.533. The second-order valence-corrected chi connectivity index (χ2v) is 4.38. The van der Waals surface area contributed by atoms with E-state index in [2.05, 4.69) is 4.74 Å². The van der Waals surface area contributed by atoms with Crippen molar-refractivity contribution in [2.75, 3.05) is 7.11 Å². The maximum atomic E-state index is 11.4. The molecule has 1 aliphatic carbocycles. The van der Waals surface area contributed by atoms with Crippen LogP contribution in [0.25, 0.3) is 0 Å². The van der Waals surface area contributed by atoms with Crippen molar-refractivity contribution in [2.24, 2.45) is 11.8 Å². The highest BCUT2D eigenvalue weighted by Crippen LogP contribution is 2.39. The molecule has 0 amide bonds. The molecule has 0 aromatic heterocycles. The first-order valence-electron chi connectivity index (χ1n) is 5.32. The van der Waals surface area contributed by atoms with Crippen molar-refractivity contribution in [1.82, 2.24) is 0 Å². The van der Waals surface area contributed by atoms with Crippen LogP contribution in [0.3, 0.4) is 0 Å². The van der Waals surface area contributed by atoms with E-state index in [0.29, 0.717) is 6.42 Å². The number of rotatable bonds is 2. The lowest BCUT2D eigenvalue weighted by Crippen LogP contribution is -2.48. The first-order chi connectivity index (χ1) is 6.52. The van der Waals surface area contributed by atoms with E-state index in [9.17, 15) is 9.90 Å². The summed E-state index contributed by atoms with van der Waals surface area (Å²) in [5.41, 5.74) is -0.856. The van der Waals surface area contributed by atoms with Crippen molar-refractivity contribution in [3.63, 3.8) is 0 Å². The smallest absolute Gasteiger partial charge is 0.311 e. The topological polar surface area (TPSA) is 46.5 Å². The summed E-state index contributed by atoms with van der Waals surface area (Å²) in [6.07, 6.45) is 3.86. The monoisotopic (exact) mass is 200 g/mol. The molecular weight excluding hydrogens is 180 g/mol. The fraction of sp³-hybridized carbons (Fsp3) is 0.909.